The van der Waals surface area contributed by atoms with Gasteiger partial charge in [-0.1, -0.05) is 56.1 Å². The largest absolute Gasteiger partial charge is 0.457 e. The molecular weight excluding hydrogens is 429 g/mol. The Morgan fingerprint density at radius 2 is 1.38 bits per heavy atom. The fourth-order valence-corrected chi connectivity index (χ4v) is 4.47. The van der Waals surface area contributed by atoms with Gasteiger partial charge in [0.25, 0.3) is 10.0 Å². The smallest absolute Gasteiger partial charge is 0.263 e. The van der Waals surface area contributed by atoms with Gasteiger partial charge in [-0.05, 0) is 65.6 Å². The van der Waals surface area contributed by atoms with E-state index in [1.807, 2.05) is 24.3 Å². The maximum absolute atomic E-state index is 12.6. The molecule has 0 saturated heterocycles. The number of rotatable bonds is 5. The number of ether oxygens (including phenoxy) is 1. The maximum Gasteiger partial charge on any atom is 0.263 e. The van der Waals surface area contributed by atoms with Gasteiger partial charge in [0.1, 0.15) is 16.4 Å². The van der Waals surface area contributed by atoms with Crippen molar-refractivity contribution in [1.82, 2.24) is 0 Å². The molecule has 0 heterocycles. The van der Waals surface area contributed by atoms with Crippen LogP contribution in [0, 0.1) is 0 Å². The molecule has 152 valence electrons. The van der Waals surface area contributed by atoms with E-state index in [-0.39, 0.29) is 20.4 Å². The first-order chi connectivity index (χ1) is 13.5. The van der Waals surface area contributed by atoms with Crippen LogP contribution in [0.25, 0.3) is 0 Å². The number of anilines is 1. The van der Waals surface area contributed by atoms with Crippen molar-refractivity contribution in [2.75, 3.05) is 4.72 Å². The summed E-state index contributed by atoms with van der Waals surface area (Å²) in [5.41, 5.74) is 1.68. The highest BCUT2D eigenvalue weighted by molar-refractivity contribution is 7.92. The number of hydrogen-bond acceptors (Lipinski definition) is 3. The van der Waals surface area contributed by atoms with E-state index in [9.17, 15) is 8.42 Å². The first kappa shape index (κ1) is 21.5. The third-order valence-corrected chi connectivity index (χ3v) is 6.34. The van der Waals surface area contributed by atoms with Crippen molar-refractivity contribution in [2.45, 2.75) is 31.1 Å². The monoisotopic (exact) mass is 449 g/mol. The lowest BCUT2D eigenvalue weighted by molar-refractivity contribution is 0.481. The molecule has 0 aliphatic carbocycles. The van der Waals surface area contributed by atoms with E-state index in [1.165, 1.54) is 23.8 Å². The van der Waals surface area contributed by atoms with E-state index in [0.717, 1.165) is 0 Å². The van der Waals surface area contributed by atoms with Crippen molar-refractivity contribution in [1.29, 1.82) is 0 Å². The van der Waals surface area contributed by atoms with Gasteiger partial charge < -0.3 is 4.74 Å². The fraction of sp³-hybridized carbons (Fsp3) is 0.182. The minimum absolute atomic E-state index is 0.0726. The molecule has 0 unspecified atom stereocenters. The summed E-state index contributed by atoms with van der Waals surface area (Å²) in [4.78, 5) is -0.0778. The molecule has 0 radical (unpaired) electrons. The number of sulfonamides is 1. The zero-order valence-electron chi connectivity index (χ0n) is 16.2. The molecule has 0 saturated carbocycles. The normalized spacial score (nSPS) is 11.9. The van der Waals surface area contributed by atoms with Gasteiger partial charge in [-0.25, -0.2) is 8.42 Å². The van der Waals surface area contributed by atoms with Crippen molar-refractivity contribution >= 4 is 38.9 Å². The highest BCUT2D eigenvalue weighted by Gasteiger charge is 2.19. The molecule has 0 bridgehead atoms. The van der Waals surface area contributed by atoms with Gasteiger partial charge in [-0.3, -0.25) is 4.72 Å². The lowest BCUT2D eigenvalue weighted by Gasteiger charge is -2.19. The topological polar surface area (TPSA) is 55.4 Å². The Morgan fingerprint density at radius 1 is 0.828 bits per heavy atom. The Balaban J connectivity index is 1.72. The van der Waals surface area contributed by atoms with Crippen LogP contribution >= 0.6 is 23.2 Å². The van der Waals surface area contributed by atoms with Crippen LogP contribution in [0.4, 0.5) is 5.69 Å². The van der Waals surface area contributed by atoms with E-state index in [1.54, 1.807) is 24.3 Å². The molecule has 0 aromatic heterocycles. The van der Waals surface area contributed by atoms with E-state index < -0.39 is 10.0 Å². The quantitative estimate of drug-likeness (QED) is 0.461. The lowest BCUT2D eigenvalue weighted by atomic mass is 9.87. The van der Waals surface area contributed by atoms with Crippen LogP contribution in [0.15, 0.2) is 71.6 Å². The van der Waals surface area contributed by atoms with Crippen LogP contribution in [0.2, 0.25) is 10.0 Å². The highest BCUT2D eigenvalue weighted by Crippen LogP contribution is 2.29. The predicted molar refractivity (Wildman–Crippen MR) is 119 cm³/mol. The van der Waals surface area contributed by atoms with E-state index in [0.29, 0.717) is 17.2 Å². The summed E-state index contributed by atoms with van der Waals surface area (Å²) in [6.07, 6.45) is 0. The third kappa shape index (κ3) is 5.44. The van der Waals surface area contributed by atoms with Gasteiger partial charge in [0.15, 0.2) is 0 Å². The molecule has 0 spiro atoms. The minimum atomic E-state index is -3.86. The number of benzene rings is 3. The molecular formula is C22H21Cl2NO3S. The van der Waals surface area contributed by atoms with Crippen LogP contribution in [-0.2, 0) is 15.4 Å². The van der Waals surface area contributed by atoms with Crippen LogP contribution < -0.4 is 9.46 Å². The molecule has 3 rings (SSSR count). The van der Waals surface area contributed by atoms with Gasteiger partial charge in [0.2, 0.25) is 0 Å². The first-order valence-electron chi connectivity index (χ1n) is 8.91. The molecule has 0 amide bonds. The molecule has 0 aliphatic rings. The minimum Gasteiger partial charge on any atom is -0.457 e. The number of hydrogen-bond donors (Lipinski definition) is 1. The van der Waals surface area contributed by atoms with Gasteiger partial charge in [0, 0.05) is 10.7 Å². The van der Waals surface area contributed by atoms with Crippen molar-refractivity contribution in [3.63, 3.8) is 0 Å². The zero-order valence-corrected chi connectivity index (χ0v) is 18.6. The summed E-state index contributed by atoms with van der Waals surface area (Å²) in [6.45, 7) is 6.46. The SMILES string of the molecule is CC(C)(C)c1ccc(Oc2ccc(NS(=O)(=O)c3cc(Cl)ccc3Cl)cc2)cc1. The van der Waals surface area contributed by atoms with Gasteiger partial charge in [-0.15, -0.1) is 0 Å². The van der Waals surface area contributed by atoms with Gasteiger partial charge in [-0.2, -0.15) is 0 Å². The number of nitrogens with one attached hydrogen (secondary N) is 1. The Bertz CT molecular complexity index is 1100. The summed E-state index contributed by atoms with van der Waals surface area (Å²) in [5.74, 6) is 1.30. The van der Waals surface area contributed by atoms with Crippen molar-refractivity contribution in [3.8, 4) is 11.5 Å². The second kappa shape index (κ2) is 8.27. The summed E-state index contributed by atoms with van der Waals surface area (Å²) >= 11 is 11.9. The molecule has 1 N–H and O–H groups in total. The molecule has 7 heteroatoms. The summed E-state index contributed by atoms with van der Waals surface area (Å²) in [5, 5.41) is 0.386. The molecule has 0 atom stereocenters. The average molecular weight is 450 g/mol. The second-order valence-electron chi connectivity index (χ2n) is 7.58. The van der Waals surface area contributed by atoms with Gasteiger partial charge >= 0.3 is 0 Å². The molecule has 3 aromatic carbocycles. The first-order valence-corrected chi connectivity index (χ1v) is 11.1. The summed E-state index contributed by atoms with van der Waals surface area (Å²) in [6, 6.07) is 18.8. The van der Waals surface area contributed by atoms with Crippen LogP contribution in [0.5, 0.6) is 11.5 Å². The van der Waals surface area contributed by atoms with E-state index in [4.69, 9.17) is 27.9 Å². The molecule has 3 aromatic rings. The summed E-state index contributed by atoms with van der Waals surface area (Å²) in [7, 11) is -3.86. The molecule has 0 fully saturated rings. The Labute approximate surface area is 181 Å². The van der Waals surface area contributed by atoms with Gasteiger partial charge in [0.05, 0.1) is 5.02 Å². The van der Waals surface area contributed by atoms with Crippen molar-refractivity contribution < 1.29 is 13.2 Å². The lowest BCUT2D eigenvalue weighted by Crippen LogP contribution is -2.13. The average Bonchev–Trinajstić information content (AvgIpc) is 2.65. The van der Waals surface area contributed by atoms with Crippen molar-refractivity contribution in [3.05, 3.63) is 82.3 Å². The Hall–Kier alpha value is -2.21. The van der Waals surface area contributed by atoms with Crippen LogP contribution in [-0.4, -0.2) is 8.42 Å². The van der Waals surface area contributed by atoms with Crippen LogP contribution in [0.1, 0.15) is 26.3 Å². The van der Waals surface area contributed by atoms with E-state index in [2.05, 4.69) is 25.5 Å². The fourth-order valence-electron chi connectivity index (χ4n) is 2.64. The zero-order chi connectivity index (χ0) is 21.2. The summed E-state index contributed by atoms with van der Waals surface area (Å²) < 4.78 is 33.5. The van der Waals surface area contributed by atoms with Crippen LogP contribution in [0.3, 0.4) is 0 Å². The second-order valence-corrected chi connectivity index (χ2v) is 10.1. The Kier molecular flexibility index (Phi) is 6.13. The predicted octanol–water partition coefficient (Wildman–Crippen LogP) is 6.88. The Morgan fingerprint density at radius 3 is 1.93 bits per heavy atom. The highest BCUT2D eigenvalue weighted by atomic mass is 35.5. The number of halogens is 2. The maximum atomic E-state index is 12.6. The molecule has 29 heavy (non-hydrogen) atoms. The van der Waals surface area contributed by atoms with Crippen molar-refractivity contribution in [2.24, 2.45) is 0 Å². The standard InChI is InChI=1S/C22H21Cl2NO3S/c1-22(2,3)15-4-9-18(10-5-15)28-19-11-7-17(8-12-19)25-29(26,27)21-14-16(23)6-13-20(21)24/h4-14,25H,1-3H3. The molecule has 0 aliphatic heterocycles. The third-order valence-electron chi connectivity index (χ3n) is 4.25. The van der Waals surface area contributed by atoms with E-state index >= 15 is 0 Å². The molecule has 4 nitrogen and oxygen atoms in total.